The van der Waals surface area contributed by atoms with Gasteiger partial charge in [0.1, 0.15) is 0 Å². The number of rotatable bonds is 2. The van der Waals surface area contributed by atoms with Gasteiger partial charge in [-0.1, -0.05) is 13.8 Å². The molecule has 0 aliphatic heterocycles. The van der Waals surface area contributed by atoms with E-state index in [4.69, 9.17) is 0 Å². The fourth-order valence-corrected chi connectivity index (χ4v) is 0.789. The molecular formula is C8H12F3NO. The van der Waals surface area contributed by atoms with Crippen molar-refractivity contribution in [3.8, 4) is 0 Å². The first-order chi connectivity index (χ1) is 5.79. The highest BCUT2D eigenvalue weighted by Gasteiger charge is 2.35. The topological polar surface area (TPSA) is 29.1 Å². The third-order valence-electron chi connectivity index (χ3n) is 1.48. The van der Waals surface area contributed by atoms with Gasteiger partial charge < -0.3 is 5.32 Å². The Balaban J connectivity index is 4.82. The van der Waals surface area contributed by atoms with Crippen LogP contribution in [-0.2, 0) is 4.79 Å². The van der Waals surface area contributed by atoms with Crippen LogP contribution in [0.4, 0.5) is 13.2 Å². The van der Waals surface area contributed by atoms with E-state index in [2.05, 4.69) is 5.32 Å². The molecule has 0 aromatic heterocycles. The summed E-state index contributed by atoms with van der Waals surface area (Å²) in [6.45, 7) is 2.78. The number of allylic oxidation sites excluding steroid dienone is 1. The number of halogens is 3. The zero-order valence-corrected chi connectivity index (χ0v) is 7.70. The Bertz CT molecular complexity index is 218. The predicted octanol–water partition coefficient (Wildman–Crippen LogP) is 1.88. The highest BCUT2D eigenvalue weighted by molar-refractivity contribution is 5.88. The Hall–Kier alpha value is -1.00. The number of carbonyl (C=O) groups is 1. The van der Waals surface area contributed by atoms with E-state index in [9.17, 15) is 18.0 Å². The van der Waals surface area contributed by atoms with Gasteiger partial charge in [-0.2, -0.15) is 13.2 Å². The summed E-state index contributed by atoms with van der Waals surface area (Å²) in [5, 5.41) is 2.11. The molecule has 0 atom stereocenters. The molecule has 0 aliphatic carbocycles. The van der Waals surface area contributed by atoms with E-state index in [-0.39, 0.29) is 0 Å². The van der Waals surface area contributed by atoms with E-state index in [1.165, 1.54) is 20.9 Å². The molecule has 0 saturated heterocycles. The minimum atomic E-state index is -4.43. The Labute approximate surface area is 74.8 Å². The maximum absolute atomic E-state index is 12.2. The van der Waals surface area contributed by atoms with Crippen LogP contribution in [0.15, 0.2) is 11.6 Å². The van der Waals surface area contributed by atoms with Crippen molar-refractivity contribution in [1.29, 1.82) is 0 Å². The van der Waals surface area contributed by atoms with E-state index < -0.39 is 23.6 Å². The van der Waals surface area contributed by atoms with Crippen LogP contribution in [0.2, 0.25) is 0 Å². The van der Waals surface area contributed by atoms with Crippen LogP contribution in [0.1, 0.15) is 13.8 Å². The van der Waals surface area contributed by atoms with Gasteiger partial charge in [-0.25, -0.2) is 0 Å². The molecular weight excluding hydrogens is 183 g/mol. The second-order valence-electron chi connectivity index (χ2n) is 2.87. The van der Waals surface area contributed by atoms with Crippen LogP contribution >= 0.6 is 0 Å². The largest absolute Gasteiger partial charge is 0.413 e. The van der Waals surface area contributed by atoms with Crippen molar-refractivity contribution in [3.05, 3.63) is 11.6 Å². The van der Waals surface area contributed by atoms with Crippen LogP contribution in [0.5, 0.6) is 0 Å². The van der Waals surface area contributed by atoms with Crippen molar-refractivity contribution in [2.45, 2.75) is 20.0 Å². The number of hydrogen-bond acceptors (Lipinski definition) is 1. The van der Waals surface area contributed by atoms with E-state index in [1.807, 2.05) is 0 Å². The molecule has 0 aliphatic rings. The maximum atomic E-state index is 12.2. The molecule has 0 aromatic rings. The molecule has 0 aromatic carbocycles. The summed E-state index contributed by atoms with van der Waals surface area (Å²) >= 11 is 0. The molecule has 0 spiro atoms. The number of hydrogen-bond donors (Lipinski definition) is 1. The van der Waals surface area contributed by atoms with E-state index in [0.717, 1.165) is 0 Å². The van der Waals surface area contributed by atoms with E-state index >= 15 is 0 Å². The number of nitrogens with one attached hydrogen (secondary N) is 1. The first-order valence-corrected chi connectivity index (χ1v) is 3.79. The minimum Gasteiger partial charge on any atom is -0.356 e. The van der Waals surface area contributed by atoms with Gasteiger partial charge in [0.05, 0.1) is 0 Å². The van der Waals surface area contributed by atoms with Crippen LogP contribution in [0.3, 0.4) is 0 Å². The quantitative estimate of drug-likeness (QED) is 0.669. The molecule has 2 nitrogen and oxygen atoms in total. The Morgan fingerprint density at radius 2 is 1.85 bits per heavy atom. The van der Waals surface area contributed by atoms with E-state index in [0.29, 0.717) is 6.08 Å². The average Bonchev–Trinajstić information content (AvgIpc) is 1.96. The fraction of sp³-hybridized carbons (Fsp3) is 0.625. The number of carbonyl (C=O) groups excluding carboxylic acids is 1. The van der Waals surface area contributed by atoms with Gasteiger partial charge in [0.2, 0.25) is 5.91 Å². The molecule has 0 bridgehead atoms. The lowest BCUT2D eigenvalue weighted by atomic mass is 10.0. The first kappa shape index (κ1) is 12.0. The van der Waals surface area contributed by atoms with Crippen molar-refractivity contribution in [2.24, 2.45) is 5.92 Å². The Morgan fingerprint density at radius 3 is 2.08 bits per heavy atom. The molecule has 0 radical (unpaired) electrons. The summed E-state index contributed by atoms with van der Waals surface area (Å²) in [5.74, 6) is -1.45. The molecule has 0 unspecified atom stereocenters. The SMILES string of the molecule is CNC(=O)/C=C(/C(C)C)C(F)(F)F. The predicted molar refractivity (Wildman–Crippen MR) is 43.0 cm³/mol. The van der Waals surface area contributed by atoms with Crippen LogP contribution in [0.25, 0.3) is 0 Å². The average molecular weight is 195 g/mol. The second kappa shape index (κ2) is 4.30. The van der Waals surface area contributed by atoms with Gasteiger partial charge in [-0.3, -0.25) is 4.79 Å². The van der Waals surface area contributed by atoms with Gasteiger partial charge in [0.25, 0.3) is 0 Å². The van der Waals surface area contributed by atoms with Crippen LogP contribution in [0, 0.1) is 5.92 Å². The molecule has 1 amide bonds. The molecule has 0 saturated carbocycles. The highest BCUT2D eigenvalue weighted by Crippen LogP contribution is 2.30. The number of alkyl halides is 3. The zero-order chi connectivity index (χ0) is 10.6. The molecule has 76 valence electrons. The smallest absolute Gasteiger partial charge is 0.356 e. The standard InChI is InChI=1S/C8H12F3NO/c1-5(2)6(8(9,10)11)4-7(13)12-3/h4-5H,1-3H3,(H,12,13)/b6-4-. The van der Waals surface area contributed by atoms with E-state index in [1.54, 1.807) is 0 Å². The van der Waals surface area contributed by atoms with Crippen LogP contribution in [-0.4, -0.2) is 19.1 Å². The monoisotopic (exact) mass is 195 g/mol. The Morgan fingerprint density at radius 1 is 1.38 bits per heavy atom. The summed E-state index contributed by atoms with van der Waals surface area (Å²) in [7, 11) is 1.28. The second-order valence-corrected chi connectivity index (χ2v) is 2.87. The van der Waals surface area contributed by atoms with Crippen molar-refractivity contribution in [3.63, 3.8) is 0 Å². The molecule has 5 heteroatoms. The summed E-state index contributed by atoms with van der Waals surface area (Å²) in [4.78, 5) is 10.7. The summed E-state index contributed by atoms with van der Waals surface area (Å²) in [6.07, 6.45) is -3.84. The summed E-state index contributed by atoms with van der Waals surface area (Å²) in [5.41, 5.74) is -0.813. The summed E-state index contributed by atoms with van der Waals surface area (Å²) in [6, 6.07) is 0. The van der Waals surface area contributed by atoms with Crippen LogP contribution < -0.4 is 5.32 Å². The number of likely N-dealkylation sites (N-methyl/N-ethyl adjacent to an activating group) is 1. The van der Waals surface area contributed by atoms with Gasteiger partial charge in [0, 0.05) is 18.7 Å². The fourth-order valence-electron chi connectivity index (χ4n) is 0.789. The lowest BCUT2D eigenvalue weighted by Gasteiger charge is -2.14. The van der Waals surface area contributed by atoms with Gasteiger partial charge >= 0.3 is 6.18 Å². The highest BCUT2D eigenvalue weighted by atomic mass is 19.4. The lowest BCUT2D eigenvalue weighted by Crippen LogP contribution is -2.22. The molecule has 0 heterocycles. The van der Waals surface area contributed by atoms with Crippen molar-refractivity contribution in [1.82, 2.24) is 5.32 Å². The Kier molecular flexibility index (Phi) is 3.97. The maximum Gasteiger partial charge on any atom is 0.413 e. The summed E-state index contributed by atoms with van der Waals surface area (Å²) < 4.78 is 36.7. The molecule has 0 rings (SSSR count). The van der Waals surface area contributed by atoms with Gasteiger partial charge in [-0.05, 0) is 5.92 Å². The zero-order valence-electron chi connectivity index (χ0n) is 7.70. The van der Waals surface area contributed by atoms with Crippen molar-refractivity contribution < 1.29 is 18.0 Å². The molecule has 0 fully saturated rings. The van der Waals surface area contributed by atoms with Gasteiger partial charge in [0.15, 0.2) is 0 Å². The third-order valence-corrected chi connectivity index (χ3v) is 1.48. The lowest BCUT2D eigenvalue weighted by molar-refractivity contribution is -0.118. The normalized spacial score (nSPS) is 13.3. The third kappa shape index (κ3) is 3.96. The van der Waals surface area contributed by atoms with Crippen molar-refractivity contribution >= 4 is 5.91 Å². The van der Waals surface area contributed by atoms with Crippen molar-refractivity contribution in [2.75, 3.05) is 7.05 Å². The molecule has 13 heavy (non-hydrogen) atoms. The first-order valence-electron chi connectivity index (χ1n) is 3.79. The molecule has 1 N–H and O–H groups in total. The number of amides is 1. The van der Waals surface area contributed by atoms with Gasteiger partial charge in [-0.15, -0.1) is 0 Å². The minimum absolute atomic E-state index is 0.588.